The van der Waals surface area contributed by atoms with E-state index in [9.17, 15) is 4.39 Å². The molecule has 3 rings (SSSR count). The first-order valence-electron chi connectivity index (χ1n) is 5.52. The molecule has 0 N–H and O–H groups in total. The van der Waals surface area contributed by atoms with Gasteiger partial charge in [-0.05, 0) is 18.2 Å². The van der Waals surface area contributed by atoms with E-state index in [0.29, 0.717) is 10.8 Å². The predicted molar refractivity (Wildman–Crippen MR) is 69.9 cm³/mol. The molecule has 6 heteroatoms. The first-order valence-corrected chi connectivity index (χ1v) is 5.89. The van der Waals surface area contributed by atoms with E-state index in [0.717, 1.165) is 16.6 Å². The zero-order valence-electron chi connectivity index (χ0n) is 9.97. The van der Waals surface area contributed by atoms with Gasteiger partial charge in [-0.25, -0.2) is 9.50 Å². The summed E-state index contributed by atoms with van der Waals surface area (Å²) in [5.74, 6) is 0.105. The van der Waals surface area contributed by atoms with Gasteiger partial charge in [0.05, 0.1) is 30.0 Å². The van der Waals surface area contributed by atoms with Crippen molar-refractivity contribution in [1.29, 1.82) is 0 Å². The molecule has 0 atom stereocenters. The van der Waals surface area contributed by atoms with Crippen molar-refractivity contribution >= 4 is 17.1 Å². The zero-order valence-corrected chi connectivity index (χ0v) is 10.7. The van der Waals surface area contributed by atoms with Gasteiger partial charge in [0, 0.05) is 17.3 Å². The number of pyridine rings is 2. The van der Waals surface area contributed by atoms with E-state index in [1.807, 2.05) is 6.07 Å². The number of halogens is 2. The van der Waals surface area contributed by atoms with Crippen LogP contribution in [0.15, 0.2) is 36.8 Å². The van der Waals surface area contributed by atoms with Crippen LogP contribution in [-0.2, 0) is 0 Å². The quantitative estimate of drug-likeness (QED) is 0.675. The van der Waals surface area contributed by atoms with Crippen molar-refractivity contribution in [3.63, 3.8) is 0 Å². The molecular weight excluding hydrogens is 269 g/mol. The molecule has 96 valence electrons. The Labute approximate surface area is 113 Å². The summed E-state index contributed by atoms with van der Waals surface area (Å²) in [4.78, 5) is 3.65. The molecule has 0 saturated heterocycles. The molecule has 0 radical (unpaired) electrons. The molecule has 3 heterocycles. The summed E-state index contributed by atoms with van der Waals surface area (Å²) in [6.07, 6.45) is 4.73. The number of hydrogen-bond donors (Lipinski definition) is 0. The lowest BCUT2D eigenvalue weighted by molar-refractivity contribution is 0.412. The van der Waals surface area contributed by atoms with Gasteiger partial charge in [0.25, 0.3) is 0 Å². The Bertz CT molecular complexity index is 739. The Hall–Kier alpha value is -2.14. The van der Waals surface area contributed by atoms with E-state index < -0.39 is 5.95 Å². The highest BCUT2D eigenvalue weighted by molar-refractivity contribution is 6.34. The molecule has 0 saturated carbocycles. The summed E-state index contributed by atoms with van der Waals surface area (Å²) < 4.78 is 19.7. The second-order valence-corrected chi connectivity index (χ2v) is 4.36. The number of hydrogen-bond acceptors (Lipinski definition) is 3. The third kappa shape index (κ3) is 2.02. The van der Waals surface area contributed by atoms with Crippen LogP contribution in [0.4, 0.5) is 4.39 Å². The Morgan fingerprint density at radius 1 is 1.32 bits per heavy atom. The number of fused-ring (bicyclic) bond motifs is 1. The van der Waals surface area contributed by atoms with Gasteiger partial charge in [-0.2, -0.15) is 9.49 Å². The fourth-order valence-electron chi connectivity index (χ4n) is 1.93. The number of nitrogens with zero attached hydrogens (tertiary/aromatic N) is 3. The van der Waals surface area contributed by atoms with Crippen molar-refractivity contribution in [2.45, 2.75) is 0 Å². The van der Waals surface area contributed by atoms with Crippen LogP contribution in [0.1, 0.15) is 0 Å². The lowest BCUT2D eigenvalue weighted by Gasteiger charge is -2.08. The van der Waals surface area contributed by atoms with Gasteiger partial charge in [0.1, 0.15) is 5.75 Å². The molecule has 3 aromatic rings. The van der Waals surface area contributed by atoms with E-state index in [2.05, 4.69) is 10.1 Å². The summed E-state index contributed by atoms with van der Waals surface area (Å²) in [6.45, 7) is 0. The second kappa shape index (κ2) is 4.51. The highest BCUT2D eigenvalue weighted by Crippen LogP contribution is 2.32. The summed E-state index contributed by atoms with van der Waals surface area (Å²) >= 11 is 6.14. The molecule has 4 nitrogen and oxygen atoms in total. The minimum Gasteiger partial charge on any atom is -0.495 e. The molecule has 0 aliphatic carbocycles. The first-order chi connectivity index (χ1) is 9.19. The van der Waals surface area contributed by atoms with Crippen LogP contribution in [0.3, 0.4) is 0 Å². The van der Waals surface area contributed by atoms with Gasteiger partial charge in [-0.15, -0.1) is 0 Å². The molecule has 19 heavy (non-hydrogen) atoms. The Morgan fingerprint density at radius 2 is 2.16 bits per heavy atom. The molecule has 0 aliphatic rings. The molecule has 0 aliphatic heterocycles. The van der Waals surface area contributed by atoms with Crippen LogP contribution in [0.5, 0.6) is 5.75 Å². The lowest BCUT2D eigenvalue weighted by Crippen LogP contribution is -1.94. The third-order valence-corrected chi connectivity index (χ3v) is 3.09. The fraction of sp³-hybridized carbons (Fsp3) is 0.0769. The number of ether oxygens (including phenoxy) is 1. The summed E-state index contributed by atoms with van der Waals surface area (Å²) in [6, 6.07) is 4.76. The van der Waals surface area contributed by atoms with E-state index in [1.54, 1.807) is 30.1 Å². The van der Waals surface area contributed by atoms with Crippen LogP contribution in [0, 0.1) is 5.95 Å². The van der Waals surface area contributed by atoms with Crippen LogP contribution in [0.25, 0.3) is 16.6 Å². The minimum absolute atomic E-state index is 0.516. The Morgan fingerprint density at radius 3 is 2.84 bits per heavy atom. The molecule has 0 bridgehead atoms. The van der Waals surface area contributed by atoms with Crippen LogP contribution < -0.4 is 4.74 Å². The summed E-state index contributed by atoms with van der Waals surface area (Å²) in [7, 11) is 1.57. The van der Waals surface area contributed by atoms with Gasteiger partial charge in [-0.3, -0.25) is 0 Å². The van der Waals surface area contributed by atoms with Crippen molar-refractivity contribution in [3.8, 4) is 16.9 Å². The van der Waals surface area contributed by atoms with Gasteiger partial charge < -0.3 is 4.74 Å². The van der Waals surface area contributed by atoms with Crippen LogP contribution >= 0.6 is 11.6 Å². The number of rotatable bonds is 2. The SMILES string of the molecule is COc1cc(-c2ccc(F)nc2)c2c(Cl)cnn2c1. The van der Waals surface area contributed by atoms with Gasteiger partial charge >= 0.3 is 0 Å². The monoisotopic (exact) mass is 277 g/mol. The fourth-order valence-corrected chi connectivity index (χ4v) is 2.16. The molecular formula is C13H9ClFN3O. The maximum Gasteiger partial charge on any atom is 0.212 e. The Balaban J connectivity index is 2.31. The van der Waals surface area contributed by atoms with Crippen molar-refractivity contribution < 1.29 is 9.13 Å². The molecule has 0 amide bonds. The molecule has 0 aromatic carbocycles. The second-order valence-electron chi connectivity index (χ2n) is 3.95. The van der Waals surface area contributed by atoms with E-state index in [4.69, 9.17) is 16.3 Å². The topological polar surface area (TPSA) is 39.4 Å². The van der Waals surface area contributed by atoms with E-state index in [-0.39, 0.29) is 0 Å². The van der Waals surface area contributed by atoms with E-state index >= 15 is 0 Å². The van der Waals surface area contributed by atoms with Crippen LogP contribution in [0.2, 0.25) is 5.02 Å². The van der Waals surface area contributed by atoms with Gasteiger partial charge in [-0.1, -0.05) is 11.6 Å². The highest BCUT2D eigenvalue weighted by atomic mass is 35.5. The first kappa shape index (κ1) is 11.9. The van der Waals surface area contributed by atoms with Gasteiger partial charge in [0.15, 0.2) is 0 Å². The summed E-state index contributed by atoms with van der Waals surface area (Å²) in [5, 5.41) is 4.66. The standard InChI is InChI=1S/C13H9ClFN3O/c1-19-9-4-10(8-2-3-12(15)16-5-8)13-11(14)6-17-18(13)7-9/h2-7H,1H3. The molecule has 0 spiro atoms. The largest absolute Gasteiger partial charge is 0.495 e. The van der Waals surface area contributed by atoms with Crippen molar-refractivity contribution in [1.82, 2.24) is 14.6 Å². The lowest BCUT2D eigenvalue weighted by atomic mass is 10.1. The summed E-state index contributed by atoms with van der Waals surface area (Å²) in [5.41, 5.74) is 2.26. The molecule has 3 aromatic heterocycles. The van der Waals surface area contributed by atoms with Crippen molar-refractivity contribution in [3.05, 3.63) is 47.8 Å². The average Bonchev–Trinajstić information content (AvgIpc) is 2.80. The average molecular weight is 278 g/mol. The van der Waals surface area contributed by atoms with E-state index in [1.165, 1.54) is 12.3 Å². The van der Waals surface area contributed by atoms with Gasteiger partial charge in [0.2, 0.25) is 5.95 Å². The van der Waals surface area contributed by atoms with Crippen molar-refractivity contribution in [2.75, 3.05) is 7.11 Å². The highest BCUT2D eigenvalue weighted by Gasteiger charge is 2.12. The Kier molecular flexibility index (Phi) is 2.83. The maximum absolute atomic E-state index is 12.9. The minimum atomic E-state index is -0.526. The zero-order chi connectivity index (χ0) is 13.4. The van der Waals surface area contributed by atoms with Crippen LogP contribution in [-0.4, -0.2) is 21.7 Å². The number of aromatic nitrogens is 3. The van der Waals surface area contributed by atoms with Crippen molar-refractivity contribution in [2.24, 2.45) is 0 Å². The third-order valence-electron chi connectivity index (χ3n) is 2.82. The number of methoxy groups -OCH3 is 1. The smallest absolute Gasteiger partial charge is 0.212 e. The predicted octanol–water partition coefficient (Wildman–Crippen LogP) is 3.20. The normalized spacial score (nSPS) is 10.9. The maximum atomic E-state index is 12.9. The molecule has 0 unspecified atom stereocenters. The molecule has 0 fully saturated rings.